The van der Waals surface area contributed by atoms with E-state index in [0.717, 1.165) is 55.6 Å². The molecule has 10 aromatic rings. The Kier molecular flexibility index (Phi) is 10.7. The van der Waals surface area contributed by atoms with E-state index in [0.29, 0.717) is 0 Å². The van der Waals surface area contributed by atoms with Gasteiger partial charge in [0.25, 0.3) is 0 Å². The smallest absolute Gasteiger partial charge is 0.120 e. The van der Waals surface area contributed by atoms with Crippen molar-refractivity contribution in [2.45, 2.75) is 46.4 Å². The van der Waals surface area contributed by atoms with Gasteiger partial charge in [-0.3, -0.25) is 4.98 Å². The van der Waals surface area contributed by atoms with Crippen molar-refractivity contribution in [1.82, 2.24) is 14.5 Å². The Hall–Kier alpha value is -6.39. The van der Waals surface area contributed by atoms with Crippen LogP contribution in [0.25, 0.3) is 83.6 Å². The molecule has 0 saturated carbocycles. The van der Waals surface area contributed by atoms with Gasteiger partial charge in [0, 0.05) is 41.5 Å². The summed E-state index contributed by atoms with van der Waals surface area (Å²) in [6.07, 6.45) is 1.39. The second-order valence-corrected chi connectivity index (χ2v) is 15.4. The van der Waals surface area contributed by atoms with Crippen molar-refractivity contribution in [3.63, 3.8) is 0 Å². The van der Waals surface area contributed by atoms with Gasteiger partial charge in [-0.05, 0) is 93.7 Å². The normalized spacial score (nSPS) is 12.2. The largest absolute Gasteiger partial charge is 0.501 e. The summed E-state index contributed by atoms with van der Waals surface area (Å²) in [5.74, 6) is 1.39. The Morgan fingerprint density at radius 1 is 0.617 bits per heavy atom. The summed E-state index contributed by atoms with van der Waals surface area (Å²) < 4.78 is 30.6. The fourth-order valence-electron chi connectivity index (χ4n) is 7.85. The SMILES string of the molecule is CC(C)c1cc(-c2ccc(-c3ccccc3)cc2)cc(C(C)C)c1-n1c(-c2[c-]ccc3c2oc2ccccc23)nc2ccccc21.[2H]C([2H])([2H])c1ccc(-c2[c-]cccc2)nc1.[Ir]. The maximum atomic E-state index is 7.23. The average Bonchev–Trinajstić information content (AvgIpc) is 3.88. The molecule has 1 radical (unpaired) electrons. The molecule has 3 aromatic heterocycles. The molecule has 0 spiro atoms. The zero-order valence-corrected chi connectivity index (χ0v) is 36.3. The van der Waals surface area contributed by atoms with Crippen molar-refractivity contribution in [3.8, 4) is 50.6 Å². The summed E-state index contributed by atoms with van der Waals surface area (Å²) in [5, 5.41) is 2.18. The van der Waals surface area contributed by atoms with Crippen molar-refractivity contribution in [2.75, 3.05) is 0 Å². The Labute approximate surface area is 370 Å². The Morgan fingerprint density at radius 2 is 1.28 bits per heavy atom. The van der Waals surface area contributed by atoms with Gasteiger partial charge in [-0.2, -0.15) is 0 Å². The third-order valence-corrected chi connectivity index (χ3v) is 10.8. The van der Waals surface area contributed by atoms with Gasteiger partial charge in [-0.25, -0.2) is 0 Å². The van der Waals surface area contributed by atoms with Crippen LogP contribution in [0.1, 0.15) is 60.3 Å². The van der Waals surface area contributed by atoms with Crippen LogP contribution in [-0.2, 0) is 20.1 Å². The Morgan fingerprint density at radius 3 is 1.97 bits per heavy atom. The molecule has 0 N–H and O–H groups in total. The van der Waals surface area contributed by atoms with Gasteiger partial charge in [0.1, 0.15) is 5.58 Å². The minimum absolute atomic E-state index is 0. The summed E-state index contributed by atoms with van der Waals surface area (Å²) in [7, 11) is 0. The predicted molar refractivity (Wildman–Crippen MR) is 245 cm³/mol. The van der Waals surface area contributed by atoms with E-state index in [4.69, 9.17) is 13.5 Å². The van der Waals surface area contributed by atoms with E-state index >= 15 is 0 Å². The zero-order valence-electron chi connectivity index (χ0n) is 36.9. The van der Waals surface area contributed by atoms with Gasteiger partial charge < -0.3 is 14.0 Å². The fourth-order valence-corrected chi connectivity index (χ4v) is 7.85. The third-order valence-electron chi connectivity index (χ3n) is 10.8. The average molecular weight is 959 g/mol. The van der Waals surface area contributed by atoms with E-state index in [1.807, 2.05) is 36.4 Å². The van der Waals surface area contributed by atoms with Crippen LogP contribution in [0.2, 0.25) is 0 Å². The van der Waals surface area contributed by atoms with Crippen molar-refractivity contribution in [3.05, 3.63) is 199 Å². The van der Waals surface area contributed by atoms with E-state index in [9.17, 15) is 0 Å². The molecule has 5 heteroatoms. The van der Waals surface area contributed by atoms with Gasteiger partial charge in [0.15, 0.2) is 0 Å². The summed E-state index contributed by atoms with van der Waals surface area (Å²) in [6.45, 7) is 7.06. The van der Waals surface area contributed by atoms with Crippen molar-refractivity contribution < 1.29 is 28.6 Å². The molecular weight excluding hydrogens is 911 g/mol. The second kappa shape index (κ2) is 17.5. The molecule has 0 aliphatic carbocycles. The standard InChI is InChI=1S/C43H35N2O.C12H10N.Ir/c1-27(2)36-25-32(31-23-21-30(22-24-31)29-13-6-5-7-14-29)26-37(28(3)4)41(36)45-39-19-10-9-18-38(39)44-43(45)35-17-12-16-34-33-15-8-11-20-40(33)46-42(34)35;1-10-7-8-12(13-9-10)11-5-3-2-4-6-11;/h5-16,18-28H,1-4H3;2-5,7-9H,1H3;/q2*-1;/i;1D3;. The summed E-state index contributed by atoms with van der Waals surface area (Å²) in [6, 6.07) is 62.3. The molecule has 10 rings (SSSR count). The molecule has 0 bridgehead atoms. The number of rotatable bonds is 7. The van der Waals surface area contributed by atoms with Gasteiger partial charge >= 0.3 is 0 Å². The van der Waals surface area contributed by atoms with Crippen LogP contribution in [0.5, 0.6) is 0 Å². The number of hydrogen-bond donors (Lipinski definition) is 0. The third kappa shape index (κ3) is 7.87. The first kappa shape index (κ1) is 36.7. The number of furan rings is 1. The first-order chi connectivity index (χ1) is 30.0. The minimum atomic E-state index is -2.09. The first-order valence-electron chi connectivity index (χ1n) is 21.6. The van der Waals surface area contributed by atoms with E-state index in [1.165, 1.54) is 45.3 Å². The quantitative estimate of drug-likeness (QED) is 0.150. The molecule has 0 fully saturated rings. The van der Waals surface area contributed by atoms with Crippen molar-refractivity contribution in [2.24, 2.45) is 0 Å². The van der Waals surface area contributed by atoms with Gasteiger partial charge in [0.05, 0.1) is 22.4 Å². The van der Waals surface area contributed by atoms with Crippen LogP contribution < -0.4 is 0 Å². The van der Waals surface area contributed by atoms with E-state index in [2.05, 4.69) is 159 Å². The number of pyridine rings is 1. The van der Waals surface area contributed by atoms with Crippen LogP contribution >= 0.6 is 0 Å². The van der Waals surface area contributed by atoms with Gasteiger partial charge in [-0.1, -0.05) is 136 Å². The molecular formula is C55H45IrN3O-2. The number of hydrogen-bond acceptors (Lipinski definition) is 3. The summed E-state index contributed by atoms with van der Waals surface area (Å²) >= 11 is 0. The maximum Gasteiger partial charge on any atom is 0.120 e. The Bertz CT molecular complexity index is 3120. The molecule has 60 heavy (non-hydrogen) atoms. The van der Waals surface area contributed by atoms with Gasteiger partial charge in [-0.15, -0.1) is 54.1 Å². The predicted octanol–water partition coefficient (Wildman–Crippen LogP) is 14.8. The molecule has 0 unspecified atom stereocenters. The van der Waals surface area contributed by atoms with Crippen molar-refractivity contribution in [1.29, 1.82) is 0 Å². The Balaban J connectivity index is 0.000000271. The summed E-state index contributed by atoms with van der Waals surface area (Å²) in [4.78, 5) is 9.40. The number of para-hydroxylation sites is 3. The first-order valence-corrected chi connectivity index (χ1v) is 20.1. The molecule has 0 aliphatic rings. The number of nitrogens with zero attached hydrogens (tertiary/aromatic N) is 3. The van der Waals surface area contributed by atoms with Crippen molar-refractivity contribution >= 4 is 33.0 Å². The molecule has 0 aliphatic heterocycles. The second-order valence-electron chi connectivity index (χ2n) is 15.4. The van der Waals surface area contributed by atoms with Crippen LogP contribution in [0.15, 0.2) is 174 Å². The topological polar surface area (TPSA) is 43.9 Å². The molecule has 0 atom stereocenters. The molecule has 3 heterocycles. The van der Waals surface area contributed by atoms with Crippen LogP contribution in [0, 0.1) is 19.0 Å². The fraction of sp³-hybridized carbons (Fsp3) is 0.127. The van der Waals surface area contributed by atoms with Crippen LogP contribution in [-0.4, -0.2) is 14.5 Å². The van der Waals surface area contributed by atoms with E-state index < -0.39 is 6.85 Å². The van der Waals surface area contributed by atoms with Gasteiger partial charge in [0.2, 0.25) is 0 Å². The number of benzene rings is 7. The number of fused-ring (bicyclic) bond motifs is 4. The minimum Gasteiger partial charge on any atom is -0.501 e. The molecule has 0 amide bonds. The van der Waals surface area contributed by atoms with E-state index in [1.54, 1.807) is 18.2 Å². The molecule has 0 saturated heterocycles. The van der Waals surface area contributed by atoms with Crippen LogP contribution in [0.3, 0.4) is 0 Å². The zero-order chi connectivity index (χ0) is 43.0. The molecule has 7 aromatic carbocycles. The molecule has 297 valence electrons. The number of aromatic nitrogens is 3. The maximum absolute atomic E-state index is 7.23. The monoisotopic (exact) mass is 959 g/mol. The number of aryl methyl sites for hydroxylation is 1. The summed E-state index contributed by atoms with van der Waals surface area (Å²) in [5.41, 5.74) is 15.1. The van der Waals surface area contributed by atoms with Crippen LogP contribution in [0.4, 0.5) is 0 Å². The molecule has 4 nitrogen and oxygen atoms in total. The number of imidazole rings is 1. The van der Waals surface area contributed by atoms with E-state index in [-0.39, 0.29) is 37.5 Å².